The lowest BCUT2D eigenvalue weighted by Crippen LogP contribution is -2.42. The van der Waals surface area contributed by atoms with E-state index in [1.165, 1.54) is 17.0 Å². The molecule has 4 nitrogen and oxygen atoms in total. The number of carbonyl (C=O) groups excluding carboxylic acids is 1. The van der Waals surface area contributed by atoms with Gasteiger partial charge in [-0.25, -0.2) is 4.79 Å². The molecule has 1 amide bonds. The molecule has 0 bridgehead atoms. The van der Waals surface area contributed by atoms with Crippen LogP contribution in [0.3, 0.4) is 0 Å². The quantitative estimate of drug-likeness (QED) is 0.933. The Labute approximate surface area is 125 Å². The van der Waals surface area contributed by atoms with Gasteiger partial charge in [0.1, 0.15) is 0 Å². The topological polar surface area (TPSA) is 57.6 Å². The number of aromatic carboxylic acids is 1. The Morgan fingerprint density at radius 3 is 2.14 bits per heavy atom. The van der Waals surface area contributed by atoms with Crippen LogP contribution in [0, 0.1) is 5.92 Å². The molecule has 1 fully saturated rings. The SMILES string of the molecule is O=C(O)c1ccc(CC(=O)N2CCC(C(F)(F)F)CC2)cc1. The summed E-state index contributed by atoms with van der Waals surface area (Å²) in [6, 6.07) is 5.90. The number of carboxylic acids is 1. The summed E-state index contributed by atoms with van der Waals surface area (Å²) in [5.41, 5.74) is 0.773. The fraction of sp³-hybridized carbons (Fsp3) is 0.467. The molecule has 1 aliphatic heterocycles. The van der Waals surface area contributed by atoms with Gasteiger partial charge in [0, 0.05) is 13.1 Å². The number of halogens is 3. The van der Waals surface area contributed by atoms with Gasteiger partial charge in [-0.3, -0.25) is 4.79 Å². The molecular formula is C15H16F3NO3. The van der Waals surface area contributed by atoms with Crippen molar-refractivity contribution in [3.63, 3.8) is 0 Å². The molecule has 0 saturated carbocycles. The highest BCUT2D eigenvalue weighted by atomic mass is 19.4. The third kappa shape index (κ3) is 3.99. The van der Waals surface area contributed by atoms with Crippen molar-refractivity contribution in [1.82, 2.24) is 4.90 Å². The van der Waals surface area contributed by atoms with E-state index in [-0.39, 0.29) is 43.8 Å². The van der Waals surface area contributed by atoms with E-state index in [0.29, 0.717) is 5.56 Å². The maximum absolute atomic E-state index is 12.6. The molecule has 1 aromatic carbocycles. The molecule has 22 heavy (non-hydrogen) atoms. The number of amides is 1. The van der Waals surface area contributed by atoms with Crippen LogP contribution in [0.15, 0.2) is 24.3 Å². The highest BCUT2D eigenvalue weighted by Gasteiger charge is 2.41. The number of hydrogen-bond donors (Lipinski definition) is 1. The summed E-state index contributed by atoms with van der Waals surface area (Å²) >= 11 is 0. The van der Waals surface area contributed by atoms with Gasteiger partial charge < -0.3 is 10.0 Å². The Morgan fingerprint density at radius 2 is 1.68 bits per heavy atom. The first-order chi connectivity index (χ1) is 10.3. The summed E-state index contributed by atoms with van der Waals surface area (Å²) in [4.78, 5) is 24.2. The summed E-state index contributed by atoms with van der Waals surface area (Å²) in [7, 11) is 0. The van der Waals surface area contributed by atoms with E-state index < -0.39 is 18.1 Å². The lowest BCUT2D eigenvalue weighted by atomic mass is 9.96. The minimum Gasteiger partial charge on any atom is -0.478 e. The second kappa shape index (κ2) is 6.37. The number of nitrogens with zero attached hydrogens (tertiary/aromatic N) is 1. The zero-order valence-electron chi connectivity index (χ0n) is 11.8. The lowest BCUT2D eigenvalue weighted by molar-refractivity contribution is -0.186. The third-order valence-corrected chi connectivity index (χ3v) is 3.87. The number of hydrogen-bond acceptors (Lipinski definition) is 2. The van der Waals surface area contributed by atoms with E-state index in [1.54, 1.807) is 12.1 Å². The number of carbonyl (C=O) groups is 2. The first-order valence-electron chi connectivity index (χ1n) is 6.94. The fourth-order valence-electron chi connectivity index (χ4n) is 2.51. The van der Waals surface area contributed by atoms with Gasteiger partial charge in [0.2, 0.25) is 5.91 Å². The third-order valence-electron chi connectivity index (χ3n) is 3.87. The van der Waals surface area contributed by atoms with Crippen molar-refractivity contribution in [2.75, 3.05) is 13.1 Å². The van der Waals surface area contributed by atoms with Crippen molar-refractivity contribution < 1.29 is 27.9 Å². The summed E-state index contributed by atoms with van der Waals surface area (Å²) in [5.74, 6) is -2.61. The average Bonchev–Trinajstić information content (AvgIpc) is 2.47. The van der Waals surface area contributed by atoms with Crippen molar-refractivity contribution in [2.24, 2.45) is 5.92 Å². The smallest absolute Gasteiger partial charge is 0.391 e. The van der Waals surface area contributed by atoms with Crippen LogP contribution >= 0.6 is 0 Å². The average molecular weight is 315 g/mol. The van der Waals surface area contributed by atoms with E-state index in [2.05, 4.69) is 0 Å². The number of alkyl halides is 3. The Hall–Kier alpha value is -2.05. The van der Waals surface area contributed by atoms with Crippen molar-refractivity contribution in [3.8, 4) is 0 Å². The van der Waals surface area contributed by atoms with Crippen LogP contribution in [-0.4, -0.2) is 41.1 Å². The monoisotopic (exact) mass is 315 g/mol. The Kier molecular flexibility index (Phi) is 4.73. The Balaban J connectivity index is 1.89. The predicted molar refractivity (Wildman–Crippen MR) is 72.5 cm³/mol. The van der Waals surface area contributed by atoms with Crippen LogP contribution in [0.4, 0.5) is 13.2 Å². The van der Waals surface area contributed by atoms with Gasteiger partial charge >= 0.3 is 12.1 Å². The first-order valence-corrected chi connectivity index (χ1v) is 6.94. The largest absolute Gasteiger partial charge is 0.478 e. The normalized spacial score (nSPS) is 16.6. The molecule has 0 aromatic heterocycles. The summed E-state index contributed by atoms with van der Waals surface area (Å²) in [6.07, 6.45) is -4.25. The molecule has 1 aliphatic rings. The second-order valence-corrected chi connectivity index (χ2v) is 5.38. The Morgan fingerprint density at radius 1 is 1.14 bits per heavy atom. The van der Waals surface area contributed by atoms with Gasteiger partial charge in [0.15, 0.2) is 0 Å². The van der Waals surface area contributed by atoms with Gasteiger partial charge in [-0.1, -0.05) is 12.1 Å². The van der Waals surface area contributed by atoms with Crippen LogP contribution in [0.5, 0.6) is 0 Å². The van der Waals surface area contributed by atoms with E-state index in [0.717, 1.165) is 0 Å². The standard InChI is InChI=1S/C15H16F3NO3/c16-15(17,18)12-5-7-19(8-6-12)13(20)9-10-1-3-11(4-2-10)14(21)22/h1-4,12H,5-9H2,(H,21,22). The molecule has 1 N–H and O–H groups in total. The van der Waals surface area contributed by atoms with Gasteiger partial charge in [0.25, 0.3) is 0 Å². The summed E-state index contributed by atoms with van der Waals surface area (Å²) in [5, 5.41) is 8.78. The highest BCUT2D eigenvalue weighted by molar-refractivity contribution is 5.87. The minimum atomic E-state index is -4.19. The number of piperidine rings is 1. The molecule has 0 atom stereocenters. The van der Waals surface area contributed by atoms with Crippen LogP contribution in [0.1, 0.15) is 28.8 Å². The van der Waals surface area contributed by atoms with Crippen molar-refractivity contribution in [3.05, 3.63) is 35.4 Å². The fourth-order valence-corrected chi connectivity index (χ4v) is 2.51. The molecule has 2 rings (SSSR count). The van der Waals surface area contributed by atoms with Crippen LogP contribution in [0.2, 0.25) is 0 Å². The highest BCUT2D eigenvalue weighted by Crippen LogP contribution is 2.34. The molecule has 0 radical (unpaired) electrons. The van der Waals surface area contributed by atoms with Gasteiger partial charge in [-0.2, -0.15) is 13.2 Å². The maximum atomic E-state index is 12.6. The molecule has 0 aliphatic carbocycles. The van der Waals surface area contributed by atoms with Gasteiger partial charge in [-0.05, 0) is 30.5 Å². The molecule has 0 unspecified atom stereocenters. The van der Waals surface area contributed by atoms with Crippen molar-refractivity contribution in [1.29, 1.82) is 0 Å². The molecular weight excluding hydrogens is 299 g/mol. The Bertz CT molecular complexity index is 546. The summed E-state index contributed by atoms with van der Waals surface area (Å²) in [6.45, 7) is 0.215. The van der Waals surface area contributed by atoms with Crippen molar-refractivity contribution >= 4 is 11.9 Å². The number of rotatable bonds is 3. The zero-order valence-corrected chi connectivity index (χ0v) is 11.8. The second-order valence-electron chi connectivity index (χ2n) is 5.38. The van der Waals surface area contributed by atoms with E-state index in [9.17, 15) is 22.8 Å². The molecule has 120 valence electrons. The van der Waals surface area contributed by atoms with Crippen LogP contribution in [0.25, 0.3) is 0 Å². The number of likely N-dealkylation sites (tertiary alicyclic amines) is 1. The molecule has 1 aromatic rings. The molecule has 0 spiro atoms. The zero-order chi connectivity index (χ0) is 16.3. The maximum Gasteiger partial charge on any atom is 0.391 e. The van der Waals surface area contributed by atoms with Crippen molar-refractivity contribution in [2.45, 2.75) is 25.4 Å². The number of benzene rings is 1. The van der Waals surface area contributed by atoms with Gasteiger partial charge in [0.05, 0.1) is 17.9 Å². The predicted octanol–water partition coefficient (Wildman–Crippen LogP) is 2.73. The van der Waals surface area contributed by atoms with Crippen LogP contribution < -0.4 is 0 Å². The van der Waals surface area contributed by atoms with Crippen LogP contribution in [-0.2, 0) is 11.2 Å². The van der Waals surface area contributed by atoms with E-state index in [1.807, 2.05) is 0 Å². The van der Waals surface area contributed by atoms with E-state index in [4.69, 9.17) is 5.11 Å². The number of carboxylic acid groups (broad SMARTS) is 1. The minimum absolute atomic E-state index is 0.0623. The molecule has 1 saturated heterocycles. The lowest BCUT2D eigenvalue weighted by Gasteiger charge is -2.33. The first kappa shape index (κ1) is 16.3. The molecule has 1 heterocycles. The molecule has 7 heteroatoms. The summed E-state index contributed by atoms with van der Waals surface area (Å²) < 4.78 is 37.7. The van der Waals surface area contributed by atoms with Gasteiger partial charge in [-0.15, -0.1) is 0 Å². The van der Waals surface area contributed by atoms with E-state index >= 15 is 0 Å².